The molecule has 1 amide bonds. The van der Waals surface area contributed by atoms with Crippen LogP contribution in [0.15, 0.2) is 42.5 Å². The first kappa shape index (κ1) is 18.8. The van der Waals surface area contributed by atoms with Crippen LogP contribution in [0.4, 0.5) is 17.1 Å². The van der Waals surface area contributed by atoms with Crippen molar-refractivity contribution in [3.05, 3.63) is 63.7 Å². The number of hydrogen-bond acceptors (Lipinski definition) is 4. The molecule has 0 aromatic heterocycles. The van der Waals surface area contributed by atoms with E-state index in [0.29, 0.717) is 6.54 Å². The summed E-state index contributed by atoms with van der Waals surface area (Å²) in [6, 6.07) is 12.7. The van der Waals surface area contributed by atoms with Crippen LogP contribution in [0.1, 0.15) is 11.1 Å². The normalized spacial score (nSPS) is 14.8. The lowest BCUT2D eigenvalue weighted by molar-refractivity contribution is -0.892. The molecule has 1 aliphatic rings. The second-order valence-corrected chi connectivity index (χ2v) is 7.11. The van der Waals surface area contributed by atoms with E-state index in [-0.39, 0.29) is 16.5 Å². The quantitative estimate of drug-likeness (QED) is 0.619. The third kappa shape index (κ3) is 5.04. The lowest BCUT2D eigenvalue weighted by atomic mass is 10.1. The van der Waals surface area contributed by atoms with Gasteiger partial charge >= 0.3 is 0 Å². The second-order valence-electron chi connectivity index (χ2n) is 7.11. The van der Waals surface area contributed by atoms with Crippen molar-refractivity contribution >= 4 is 23.0 Å². The van der Waals surface area contributed by atoms with Crippen LogP contribution in [0.25, 0.3) is 0 Å². The molecule has 0 atom stereocenters. The van der Waals surface area contributed by atoms with Crippen LogP contribution in [0.3, 0.4) is 0 Å². The molecule has 0 radical (unpaired) electrons. The number of anilines is 2. The fraction of sp³-hybridized carbons (Fsp3) is 0.350. The molecule has 1 saturated heterocycles. The Morgan fingerprint density at radius 2 is 1.70 bits per heavy atom. The number of carbonyl (C=O) groups is 1. The Bertz CT molecular complexity index is 807. The highest BCUT2D eigenvalue weighted by atomic mass is 16.6. The van der Waals surface area contributed by atoms with Crippen molar-refractivity contribution in [3.63, 3.8) is 0 Å². The number of hydrogen-bond donors (Lipinski definition) is 2. The van der Waals surface area contributed by atoms with Gasteiger partial charge in [0.2, 0.25) is 0 Å². The number of piperazine rings is 1. The summed E-state index contributed by atoms with van der Waals surface area (Å²) in [4.78, 5) is 26.2. The largest absolute Gasteiger partial charge is 0.360 e. The molecule has 27 heavy (non-hydrogen) atoms. The van der Waals surface area contributed by atoms with Crippen LogP contribution in [-0.2, 0) is 4.79 Å². The topological polar surface area (TPSA) is 79.9 Å². The highest BCUT2D eigenvalue weighted by molar-refractivity contribution is 5.91. The predicted molar refractivity (Wildman–Crippen MR) is 105 cm³/mol. The van der Waals surface area contributed by atoms with Crippen molar-refractivity contribution in [2.24, 2.45) is 0 Å². The number of amides is 1. The van der Waals surface area contributed by atoms with Gasteiger partial charge in [-0.1, -0.05) is 6.07 Å². The van der Waals surface area contributed by atoms with Gasteiger partial charge in [0.05, 0.1) is 31.1 Å². The molecule has 1 aliphatic heterocycles. The number of nitrogens with one attached hydrogen (secondary N) is 2. The maximum Gasteiger partial charge on any atom is 0.279 e. The Labute approximate surface area is 158 Å². The minimum absolute atomic E-state index is 0.0267. The van der Waals surface area contributed by atoms with Gasteiger partial charge in [-0.3, -0.25) is 14.9 Å². The molecular weight excluding hydrogens is 344 g/mol. The van der Waals surface area contributed by atoms with Gasteiger partial charge in [0.1, 0.15) is 0 Å². The van der Waals surface area contributed by atoms with Gasteiger partial charge in [-0.05, 0) is 49.2 Å². The van der Waals surface area contributed by atoms with E-state index in [1.54, 1.807) is 12.1 Å². The van der Waals surface area contributed by atoms with Crippen LogP contribution in [0.5, 0.6) is 0 Å². The summed E-state index contributed by atoms with van der Waals surface area (Å²) in [5.74, 6) is 0.0267. The molecule has 7 heteroatoms. The maximum atomic E-state index is 12.3. The smallest absolute Gasteiger partial charge is 0.279 e. The maximum absolute atomic E-state index is 12.3. The third-order valence-corrected chi connectivity index (χ3v) is 4.81. The van der Waals surface area contributed by atoms with Gasteiger partial charge in [0.15, 0.2) is 6.54 Å². The van der Waals surface area contributed by atoms with Gasteiger partial charge in [-0.25, -0.2) is 0 Å². The van der Waals surface area contributed by atoms with Crippen molar-refractivity contribution in [2.45, 2.75) is 13.8 Å². The summed E-state index contributed by atoms with van der Waals surface area (Å²) in [6.07, 6.45) is 0. The molecule has 142 valence electrons. The van der Waals surface area contributed by atoms with E-state index >= 15 is 0 Å². The lowest BCUT2D eigenvalue weighted by Crippen LogP contribution is -3.15. The van der Waals surface area contributed by atoms with E-state index in [1.807, 2.05) is 26.0 Å². The number of nitrogens with zero attached hydrogens (tertiary/aromatic N) is 2. The molecule has 0 spiro atoms. The molecular formula is C20H25N4O3+. The summed E-state index contributed by atoms with van der Waals surface area (Å²) in [5, 5.41) is 13.7. The summed E-state index contributed by atoms with van der Waals surface area (Å²) < 4.78 is 0. The molecule has 2 aromatic rings. The van der Waals surface area contributed by atoms with E-state index in [9.17, 15) is 14.9 Å². The Kier molecular flexibility index (Phi) is 5.71. The Morgan fingerprint density at radius 1 is 1.11 bits per heavy atom. The standard InChI is InChI=1S/C20H24N4O3/c1-15-11-16(2)13-17(12-15)21-20(25)14-22-7-9-23(10-8-22)18-3-5-19(6-4-18)24(26)27/h3-6,11-13H,7-10,14H2,1-2H3,(H,21,25)/p+1. The van der Waals surface area contributed by atoms with E-state index in [4.69, 9.17) is 0 Å². The molecule has 1 heterocycles. The van der Waals surface area contributed by atoms with Crippen LogP contribution >= 0.6 is 0 Å². The molecule has 0 bridgehead atoms. The molecule has 7 nitrogen and oxygen atoms in total. The van der Waals surface area contributed by atoms with Gasteiger partial charge in [0, 0.05) is 23.5 Å². The minimum atomic E-state index is -0.389. The molecule has 0 saturated carbocycles. The highest BCUT2D eigenvalue weighted by Crippen LogP contribution is 2.19. The number of nitro groups is 1. The average molecular weight is 369 g/mol. The number of rotatable bonds is 5. The minimum Gasteiger partial charge on any atom is -0.360 e. The van der Waals surface area contributed by atoms with Gasteiger partial charge in [-0.15, -0.1) is 0 Å². The molecule has 2 N–H and O–H groups in total. The van der Waals surface area contributed by atoms with E-state index in [0.717, 1.165) is 48.7 Å². The van der Waals surface area contributed by atoms with Gasteiger partial charge in [-0.2, -0.15) is 0 Å². The Hall–Kier alpha value is -2.93. The van der Waals surface area contributed by atoms with Crippen molar-refractivity contribution in [3.8, 4) is 0 Å². The summed E-state index contributed by atoms with van der Waals surface area (Å²) in [6.45, 7) is 7.85. The fourth-order valence-corrected chi connectivity index (χ4v) is 3.52. The predicted octanol–water partition coefficient (Wildman–Crippen LogP) is 1.56. The Morgan fingerprint density at radius 3 is 2.26 bits per heavy atom. The SMILES string of the molecule is Cc1cc(C)cc(NC(=O)C[NH+]2CCN(c3ccc([N+](=O)[O-])cc3)CC2)c1. The van der Waals surface area contributed by atoms with E-state index in [2.05, 4.69) is 16.3 Å². The molecule has 1 fully saturated rings. The zero-order valence-corrected chi connectivity index (χ0v) is 15.7. The number of aryl methyl sites for hydroxylation is 2. The van der Waals surface area contributed by atoms with E-state index in [1.165, 1.54) is 17.0 Å². The van der Waals surface area contributed by atoms with Crippen molar-refractivity contribution in [1.29, 1.82) is 0 Å². The zero-order valence-electron chi connectivity index (χ0n) is 15.7. The fourth-order valence-electron chi connectivity index (χ4n) is 3.52. The molecule has 0 unspecified atom stereocenters. The second kappa shape index (κ2) is 8.18. The van der Waals surface area contributed by atoms with Crippen molar-refractivity contribution < 1.29 is 14.6 Å². The van der Waals surface area contributed by atoms with Gasteiger partial charge < -0.3 is 15.1 Å². The average Bonchev–Trinajstić information content (AvgIpc) is 2.61. The molecule has 3 rings (SSSR count). The number of quaternary nitrogens is 1. The van der Waals surface area contributed by atoms with Crippen LogP contribution in [0.2, 0.25) is 0 Å². The first-order valence-electron chi connectivity index (χ1n) is 9.12. The first-order chi connectivity index (χ1) is 12.9. The van der Waals surface area contributed by atoms with Crippen LogP contribution in [-0.4, -0.2) is 43.6 Å². The molecule has 0 aliphatic carbocycles. The van der Waals surface area contributed by atoms with E-state index < -0.39 is 0 Å². The lowest BCUT2D eigenvalue weighted by Gasteiger charge is -2.33. The Balaban J connectivity index is 1.50. The van der Waals surface area contributed by atoms with Crippen molar-refractivity contribution in [1.82, 2.24) is 0 Å². The number of carbonyl (C=O) groups excluding carboxylic acids is 1. The summed E-state index contributed by atoms with van der Waals surface area (Å²) >= 11 is 0. The zero-order chi connectivity index (χ0) is 19.4. The summed E-state index contributed by atoms with van der Waals surface area (Å²) in [7, 11) is 0. The molecule has 2 aromatic carbocycles. The number of non-ortho nitro benzene ring substituents is 1. The summed E-state index contributed by atoms with van der Waals surface area (Å²) in [5.41, 5.74) is 4.20. The van der Waals surface area contributed by atoms with Gasteiger partial charge in [0.25, 0.3) is 11.6 Å². The monoisotopic (exact) mass is 369 g/mol. The number of benzene rings is 2. The highest BCUT2D eigenvalue weighted by Gasteiger charge is 2.22. The third-order valence-electron chi connectivity index (χ3n) is 4.81. The number of nitro benzene ring substituents is 1. The van der Waals surface area contributed by atoms with Crippen LogP contribution in [0, 0.1) is 24.0 Å². The van der Waals surface area contributed by atoms with Crippen LogP contribution < -0.4 is 15.1 Å². The first-order valence-corrected chi connectivity index (χ1v) is 9.12. The van der Waals surface area contributed by atoms with Crippen molar-refractivity contribution in [2.75, 3.05) is 42.9 Å².